The smallest absolute Gasteiger partial charge is 0.241 e. The zero-order valence-electron chi connectivity index (χ0n) is 13.8. The molecule has 4 heterocycles. The Morgan fingerprint density at radius 2 is 1.80 bits per heavy atom. The SMILES string of the molecule is c1ccc(-c2noc(CN3CCCN(c4ncccn4)CC3)n2)nc1. The maximum atomic E-state index is 5.39. The van der Waals surface area contributed by atoms with E-state index in [-0.39, 0.29) is 0 Å². The average molecular weight is 337 g/mol. The second-order valence-electron chi connectivity index (χ2n) is 5.89. The van der Waals surface area contributed by atoms with E-state index < -0.39 is 0 Å². The average Bonchev–Trinajstić information content (AvgIpc) is 3.01. The highest BCUT2D eigenvalue weighted by Crippen LogP contribution is 2.15. The van der Waals surface area contributed by atoms with Crippen molar-refractivity contribution in [2.45, 2.75) is 13.0 Å². The second kappa shape index (κ2) is 7.35. The van der Waals surface area contributed by atoms with Crippen molar-refractivity contribution in [3.63, 3.8) is 0 Å². The number of aromatic nitrogens is 5. The molecule has 0 aliphatic carbocycles. The Bertz CT molecular complexity index is 793. The molecule has 1 saturated heterocycles. The van der Waals surface area contributed by atoms with Gasteiger partial charge in [-0.1, -0.05) is 11.2 Å². The topological polar surface area (TPSA) is 84.1 Å². The summed E-state index contributed by atoms with van der Waals surface area (Å²) in [6.07, 6.45) is 6.32. The third kappa shape index (κ3) is 3.80. The van der Waals surface area contributed by atoms with Crippen LogP contribution in [-0.4, -0.2) is 56.2 Å². The fourth-order valence-corrected chi connectivity index (χ4v) is 2.89. The highest BCUT2D eigenvalue weighted by molar-refractivity contribution is 5.46. The molecule has 0 unspecified atom stereocenters. The maximum absolute atomic E-state index is 5.39. The zero-order valence-corrected chi connectivity index (χ0v) is 13.8. The minimum Gasteiger partial charge on any atom is -0.339 e. The van der Waals surface area contributed by atoms with Gasteiger partial charge in [-0.25, -0.2) is 9.97 Å². The van der Waals surface area contributed by atoms with Crippen molar-refractivity contribution in [1.29, 1.82) is 0 Å². The molecule has 3 aromatic rings. The van der Waals surface area contributed by atoms with E-state index in [1.54, 1.807) is 18.6 Å². The third-order valence-corrected chi connectivity index (χ3v) is 4.14. The molecule has 0 saturated carbocycles. The first kappa shape index (κ1) is 15.6. The van der Waals surface area contributed by atoms with Crippen molar-refractivity contribution in [2.75, 3.05) is 31.1 Å². The first-order valence-corrected chi connectivity index (χ1v) is 8.37. The van der Waals surface area contributed by atoms with Crippen LogP contribution in [0, 0.1) is 0 Å². The Kier molecular flexibility index (Phi) is 4.60. The van der Waals surface area contributed by atoms with Gasteiger partial charge in [-0.3, -0.25) is 9.88 Å². The van der Waals surface area contributed by atoms with Crippen LogP contribution >= 0.6 is 0 Å². The van der Waals surface area contributed by atoms with Gasteiger partial charge >= 0.3 is 0 Å². The van der Waals surface area contributed by atoms with Crippen molar-refractivity contribution < 1.29 is 4.52 Å². The lowest BCUT2D eigenvalue weighted by Gasteiger charge is -2.20. The highest BCUT2D eigenvalue weighted by atomic mass is 16.5. The molecule has 3 aromatic heterocycles. The van der Waals surface area contributed by atoms with Crippen LogP contribution in [0.2, 0.25) is 0 Å². The molecular weight excluding hydrogens is 318 g/mol. The van der Waals surface area contributed by atoms with Crippen LogP contribution in [0.25, 0.3) is 11.5 Å². The number of pyridine rings is 1. The Balaban J connectivity index is 1.38. The Hall–Kier alpha value is -2.87. The summed E-state index contributed by atoms with van der Waals surface area (Å²) in [5.74, 6) is 1.94. The number of hydrogen-bond donors (Lipinski definition) is 0. The molecule has 1 aliphatic heterocycles. The van der Waals surface area contributed by atoms with Crippen LogP contribution in [0.4, 0.5) is 5.95 Å². The lowest BCUT2D eigenvalue weighted by atomic mass is 10.3. The maximum Gasteiger partial charge on any atom is 0.241 e. The summed E-state index contributed by atoms with van der Waals surface area (Å²) < 4.78 is 5.39. The Morgan fingerprint density at radius 3 is 2.64 bits per heavy atom. The molecule has 0 radical (unpaired) electrons. The molecule has 0 bridgehead atoms. The van der Waals surface area contributed by atoms with Crippen LogP contribution in [0.1, 0.15) is 12.3 Å². The second-order valence-corrected chi connectivity index (χ2v) is 5.89. The first-order chi connectivity index (χ1) is 12.4. The van der Waals surface area contributed by atoms with E-state index in [9.17, 15) is 0 Å². The third-order valence-electron chi connectivity index (χ3n) is 4.14. The molecule has 0 atom stereocenters. The fourth-order valence-electron chi connectivity index (χ4n) is 2.89. The van der Waals surface area contributed by atoms with Gasteiger partial charge < -0.3 is 9.42 Å². The summed E-state index contributed by atoms with van der Waals surface area (Å²) in [6.45, 7) is 4.35. The predicted molar refractivity (Wildman–Crippen MR) is 91.7 cm³/mol. The number of rotatable bonds is 4. The minimum atomic E-state index is 0.532. The zero-order chi connectivity index (χ0) is 16.9. The van der Waals surface area contributed by atoms with Gasteiger partial charge in [-0.2, -0.15) is 4.98 Å². The number of anilines is 1. The van der Waals surface area contributed by atoms with Gasteiger partial charge in [0, 0.05) is 44.8 Å². The molecule has 0 spiro atoms. The molecule has 128 valence electrons. The van der Waals surface area contributed by atoms with Gasteiger partial charge in [0.25, 0.3) is 0 Å². The summed E-state index contributed by atoms with van der Waals surface area (Å²) >= 11 is 0. The normalized spacial score (nSPS) is 15.9. The standard InChI is InChI=1S/C17H19N7O/c1-2-6-18-14(5-1)16-21-15(25-22-16)13-23-9-4-10-24(12-11-23)17-19-7-3-8-20-17/h1-3,5-8H,4,9-13H2. The van der Waals surface area contributed by atoms with Crippen molar-refractivity contribution in [1.82, 2.24) is 30.0 Å². The van der Waals surface area contributed by atoms with E-state index in [0.717, 1.165) is 44.2 Å². The summed E-state index contributed by atoms with van der Waals surface area (Å²) in [5, 5.41) is 4.03. The lowest BCUT2D eigenvalue weighted by Crippen LogP contribution is -2.31. The van der Waals surface area contributed by atoms with Gasteiger partial charge in [0.2, 0.25) is 17.7 Å². The lowest BCUT2D eigenvalue weighted by molar-refractivity contribution is 0.239. The van der Waals surface area contributed by atoms with E-state index in [4.69, 9.17) is 4.52 Å². The summed E-state index contributed by atoms with van der Waals surface area (Å²) in [6, 6.07) is 7.48. The molecule has 8 nitrogen and oxygen atoms in total. The van der Waals surface area contributed by atoms with Crippen LogP contribution in [0.5, 0.6) is 0 Å². The largest absolute Gasteiger partial charge is 0.339 e. The van der Waals surface area contributed by atoms with E-state index in [1.807, 2.05) is 24.3 Å². The van der Waals surface area contributed by atoms with E-state index in [1.165, 1.54) is 0 Å². The quantitative estimate of drug-likeness (QED) is 0.710. The number of hydrogen-bond acceptors (Lipinski definition) is 8. The fraction of sp³-hybridized carbons (Fsp3) is 0.353. The van der Waals surface area contributed by atoms with E-state index >= 15 is 0 Å². The van der Waals surface area contributed by atoms with E-state index in [0.29, 0.717) is 18.3 Å². The highest BCUT2D eigenvalue weighted by Gasteiger charge is 2.19. The summed E-state index contributed by atoms with van der Waals surface area (Å²) in [5.41, 5.74) is 0.723. The molecular formula is C17H19N7O. The molecule has 4 rings (SSSR count). The first-order valence-electron chi connectivity index (χ1n) is 8.37. The van der Waals surface area contributed by atoms with Crippen LogP contribution in [-0.2, 0) is 6.54 Å². The Labute approximate surface area is 145 Å². The molecule has 0 amide bonds. The molecule has 1 aliphatic rings. The van der Waals surface area contributed by atoms with Crippen LogP contribution < -0.4 is 4.90 Å². The number of nitrogens with zero attached hydrogens (tertiary/aromatic N) is 7. The minimum absolute atomic E-state index is 0.532. The van der Waals surface area contributed by atoms with Crippen LogP contribution in [0.15, 0.2) is 47.4 Å². The van der Waals surface area contributed by atoms with Gasteiger partial charge in [0.15, 0.2) is 0 Å². The van der Waals surface area contributed by atoms with Crippen LogP contribution in [0.3, 0.4) is 0 Å². The van der Waals surface area contributed by atoms with Gasteiger partial charge in [0.1, 0.15) is 5.69 Å². The summed E-state index contributed by atoms with van der Waals surface area (Å²) in [4.78, 5) is 21.9. The van der Waals surface area contributed by atoms with Crippen molar-refractivity contribution in [3.8, 4) is 11.5 Å². The molecule has 8 heteroatoms. The van der Waals surface area contributed by atoms with Gasteiger partial charge in [-0.05, 0) is 24.6 Å². The molecule has 0 N–H and O–H groups in total. The van der Waals surface area contributed by atoms with Gasteiger partial charge in [0.05, 0.1) is 6.54 Å². The van der Waals surface area contributed by atoms with Crippen molar-refractivity contribution >= 4 is 5.95 Å². The van der Waals surface area contributed by atoms with Crippen molar-refractivity contribution in [2.24, 2.45) is 0 Å². The van der Waals surface area contributed by atoms with Crippen molar-refractivity contribution in [3.05, 3.63) is 48.7 Å². The Morgan fingerprint density at radius 1 is 0.920 bits per heavy atom. The predicted octanol–water partition coefficient (Wildman–Crippen LogP) is 1.63. The van der Waals surface area contributed by atoms with Gasteiger partial charge in [-0.15, -0.1) is 0 Å². The molecule has 0 aromatic carbocycles. The molecule has 1 fully saturated rings. The molecule has 25 heavy (non-hydrogen) atoms. The van der Waals surface area contributed by atoms with E-state index in [2.05, 4.69) is 34.9 Å². The monoisotopic (exact) mass is 337 g/mol. The summed E-state index contributed by atoms with van der Waals surface area (Å²) in [7, 11) is 0.